The first-order valence-electron chi connectivity index (χ1n) is 19.8. The highest BCUT2D eigenvalue weighted by molar-refractivity contribution is 7.26. The topological polar surface area (TPSA) is 143 Å². The highest BCUT2D eigenvalue weighted by atomic mass is 32.1. The maximum atomic E-state index is 10.8. The minimum absolute atomic E-state index is 0.176. The zero-order valence-electron chi connectivity index (χ0n) is 32.9. The minimum atomic E-state index is -1.09. The average molecular weight is 829 g/mol. The average Bonchev–Trinajstić information content (AvgIpc) is 3.89. The van der Waals surface area contributed by atoms with E-state index in [1.165, 1.54) is 10.8 Å². The van der Waals surface area contributed by atoms with Crippen molar-refractivity contribution >= 4 is 71.7 Å². The highest BCUT2D eigenvalue weighted by Crippen LogP contribution is 2.51. The van der Waals surface area contributed by atoms with Crippen molar-refractivity contribution in [2.75, 3.05) is 0 Å². The van der Waals surface area contributed by atoms with Gasteiger partial charge in [-0.2, -0.15) is 0 Å². The lowest BCUT2D eigenvalue weighted by molar-refractivity contribution is 0.327. The van der Waals surface area contributed by atoms with Gasteiger partial charge in [-0.05, 0) is 41.1 Å². The SMILES string of the molecule is C=N/C(=N\C(=N/Cc1cccc2c1sc1c(-n3c4ccccc4c4cccc(-c5ccccc5)c43)ccc(-c3ccccc3)c12)c1ccccc1)c1c(O)c(O)c(O)c(O)c1O. The van der Waals surface area contributed by atoms with Gasteiger partial charge in [0.15, 0.2) is 23.2 Å². The van der Waals surface area contributed by atoms with Gasteiger partial charge in [0.05, 0.1) is 28.0 Å². The van der Waals surface area contributed by atoms with E-state index < -0.39 is 34.3 Å². The van der Waals surface area contributed by atoms with Crippen molar-refractivity contribution in [2.45, 2.75) is 6.54 Å². The summed E-state index contributed by atoms with van der Waals surface area (Å²) in [6.07, 6.45) is 0. The fraction of sp³-hybridized carbons (Fsp3) is 0.0192. The molecule has 5 N–H and O–H groups in total. The van der Waals surface area contributed by atoms with Crippen LogP contribution in [-0.2, 0) is 6.54 Å². The predicted molar refractivity (Wildman–Crippen MR) is 252 cm³/mol. The van der Waals surface area contributed by atoms with E-state index in [0.29, 0.717) is 5.56 Å². The summed E-state index contributed by atoms with van der Waals surface area (Å²) in [5.41, 5.74) is 8.77. The molecule has 9 nitrogen and oxygen atoms in total. The number of amidine groups is 2. The summed E-state index contributed by atoms with van der Waals surface area (Å²) >= 11 is 1.71. The number of aliphatic imine (C=N–C) groups is 3. The van der Waals surface area contributed by atoms with Crippen LogP contribution < -0.4 is 0 Å². The van der Waals surface area contributed by atoms with Gasteiger partial charge >= 0.3 is 0 Å². The quantitative estimate of drug-likeness (QED) is 0.0470. The molecule has 62 heavy (non-hydrogen) atoms. The molecule has 0 aliphatic carbocycles. The summed E-state index contributed by atoms with van der Waals surface area (Å²) in [6, 6.07) is 55.8. The zero-order valence-corrected chi connectivity index (χ0v) is 33.8. The van der Waals surface area contributed by atoms with Crippen molar-refractivity contribution in [2.24, 2.45) is 15.0 Å². The van der Waals surface area contributed by atoms with Crippen molar-refractivity contribution in [3.8, 4) is 56.7 Å². The van der Waals surface area contributed by atoms with E-state index in [-0.39, 0.29) is 18.2 Å². The van der Waals surface area contributed by atoms with E-state index in [9.17, 15) is 25.5 Å². The Hall–Kier alpha value is -8.21. The number of phenols is 5. The number of para-hydroxylation sites is 2. The largest absolute Gasteiger partial charge is 0.504 e. The van der Waals surface area contributed by atoms with E-state index >= 15 is 0 Å². The molecular formula is C52H36N4O5S. The van der Waals surface area contributed by atoms with Crippen LogP contribution in [0.1, 0.15) is 16.7 Å². The van der Waals surface area contributed by atoms with E-state index in [4.69, 9.17) is 4.99 Å². The molecule has 0 amide bonds. The van der Waals surface area contributed by atoms with Gasteiger partial charge in [-0.1, -0.05) is 152 Å². The Labute approximate surface area is 359 Å². The number of phenolic OH excluding ortho intramolecular Hbond substituents is 5. The second kappa shape index (κ2) is 15.4. The fourth-order valence-corrected chi connectivity index (χ4v) is 9.67. The molecule has 0 aliphatic rings. The van der Waals surface area contributed by atoms with Crippen LogP contribution in [0, 0.1) is 0 Å². The molecule has 0 aliphatic heterocycles. The highest BCUT2D eigenvalue weighted by Gasteiger charge is 2.27. The molecule has 0 saturated heterocycles. The number of aromatic hydroxyl groups is 5. The normalized spacial score (nSPS) is 12.2. The summed E-state index contributed by atoms with van der Waals surface area (Å²) in [5.74, 6) is -5.21. The summed E-state index contributed by atoms with van der Waals surface area (Å²) in [4.78, 5) is 13.5. The minimum Gasteiger partial charge on any atom is -0.504 e. The van der Waals surface area contributed by atoms with Crippen LogP contribution in [-0.4, -0.2) is 48.5 Å². The number of hydrogen-bond donors (Lipinski definition) is 5. The number of fused-ring (bicyclic) bond motifs is 6. The maximum Gasteiger partial charge on any atom is 0.208 e. The molecule has 0 saturated carbocycles. The predicted octanol–water partition coefficient (Wildman–Crippen LogP) is 12.1. The van der Waals surface area contributed by atoms with Crippen LogP contribution in [0.2, 0.25) is 0 Å². The smallest absolute Gasteiger partial charge is 0.208 e. The monoisotopic (exact) mass is 828 g/mol. The molecule has 2 heterocycles. The fourth-order valence-electron chi connectivity index (χ4n) is 8.33. The molecule has 10 heteroatoms. The van der Waals surface area contributed by atoms with Gasteiger partial charge < -0.3 is 30.1 Å². The molecule has 300 valence electrons. The van der Waals surface area contributed by atoms with Crippen molar-refractivity contribution in [1.29, 1.82) is 0 Å². The number of aromatic nitrogens is 1. The Morgan fingerprint density at radius 3 is 1.79 bits per heavy atom. The van der Waals surface area contributed by atoms with Gasteiger partial charge in [0, 0.05) is 37.4 Å². The molecule has 0 fully saturated rings. The maximum absolute atomic E-state index is 10.8. The summed E-state index contributed by atoms with van der Waals surface area (Å²) < 4.78 is 4.57. The van der Waals surface area contributed by atoms with Crippen LogP contribution in [0.15, 0.2) is 179 Å². The second-order valence-electron chi connectivity index (χ2n) is 14.7. The van der Waals surface area contributed by atoms with Crippen LogP contribution in [0.5, 0.6) is 28.7 Å². The molecule has 10 rings (SSSR count). The molecule has 0 atom stereocenters. The summed E-state index contributed by atoms with van der Waals surface area (Å²) in [7, 11) is 0. The third-order valence-electron chi connectivity index (χ3n) is 11.2. The summed E-state index contributed by atoms with van der Waals surface area (Å²) in [6.45, 7) is 3.75. The number of nitrogens with zero attached hydrogens (tertiary/aromatic N) is 4. The van der Waals surface area contributed by atoms with Gasteiger partial charge in [0.2, 0.25) is 17.2 Å². The Morgan fingerprint density at radius 2 is 1.10 bits per heavy atom. The Bertz CT molecular complexity index is 3420. The summed E-state index contributed by atoms with van der Waals surface area (Å²) in [5, 5.41) is 56.7. The van der Waals surface area contributed by atoms with Crippen LogP contribution in [0.3, 0.4) is 0 Å². The third kappa shape index (κ3) is 6.20. The van der Waals surface area contributed by atoms with Gasteiger partial charge in [0.1, 0.15) is 5.56 Å². The van der Waals surface area contributed by atoms with Crippen molar-refractivity contribution in [1.82, 2.24) is 4.57 Å². The first-order valence-corrected chi connectivity index (χ1v) is 20.6. The Morgan fingerprint density at radius 1 is 0.516 bits per heavy atom. The lowest BCUT2D eigenvalue weighted by atomic mass is 9.98. The Kier molecular flexibility index (Phi) is 9.46. The molecule has 0 bridgehead atoms. The van der Waals surface area contributed by atoms with Gasteiger partial charge in [-0.25, -0.2) is 9.98 Å². The van der Waals surface area contributed by atoms with Gasteiger partial charge in [-0.3, -0.25) is 4.99 Å². The van der Waals surface area contributed by atoms with Gasteiger partial charge in [-0.15, -0.1) is 11.3 Å². The molecule has 8 aromatic carbocycles. The van der Waals surface area contributed by atoms with Crippen molar-refractivity contribution in [3.05, 3.63) is 180 Å². The number of hydrogen-bond acceptors (Lipinski definition) is 7. The first kappa shape index (κ1) is 38.0. The van der Waals surface area contributed by atoms with Crippen LogP contribution >= 0.6 is 11.3 Å². The lowest BCUT2D eigenvalue weighted by Crippen LogP contribution is -2.06. The van der Waals surface area contributed by atoms with Crippen molar-refractivity contribution < 1.29 is 25.5 Å². The first-order chi connectivity index (χ1) is 30.3. The Balaban J connectivity index is 1.21. The van der Waals surface area contributed by atoms with Gasteiger partial charge in [0.25, 0.3) is 0 Å². The van der Waals surface area contributed by atoms with Crippen LogP contribution in [0.4, 0.5) is 0 Å². The number of rotatable bonds is 7. The molecule has 2 aromatic heterocycles. The molecule has 0 unspecified atom stereocenters. The molecular weight excluding hydrogens is 793 g/mol. The third-order valence-corrected chi connectivity index (χ3v) is 12.5. The van der Waals surface area contributed by atoms with E-state index in [1.54, 1.807) is 11.3 Å². The molecule has 0 radical (unpaired) electrons. The lowest BCUT2D eigenvalue weighted by Gasteiger charge is -2.14. The van der Waals surface area contributed by atoms with E-state index in [1.807, 2.05) is 54.6 Å². The second-order valence-corrected chi connectivity index (χ2v) is 15.8. The number of benzene rings is 8. The molecule has 10 aromatic rings. The number of thiophene rings is 1. The zero-order chi connectivity index (χ0) is 42.5. The van der Waals surface area contributed by atoms with E-state index in [2.05, 4.69) is 130 Å². The van der Waals surface area contributed by atoms with Crippen molar-refractivity contribution in [3.63, 3.8) is 0 Å². The standard InChI is InChI=1S/C52H36N4O5S/c1-53-52(42-44(57)46(59)48(61)47(60)45(42)58)55-51(32-19-9-4-10-20-32)54-29-33-21-13-25-38-41-34(30-15-5-2-6-16-30)27-28-40(50(41)62-49(33)38)56-39-26-12-11-22-36(39)37-24-14-23-35(43(37)56)31-17-7-3-8-18-31/h2-28,57-61H,1,29H2/b54-51-,55-52-. The van der Waals surface area contributed by atoms with E-state index in [0.717, 1.165) is 64.7 Å². The van der Waals surface area contributed by atoms with Crippen LogP contribution in [0.25, 0.3) is 69.9 Å². The molecule has 0 spiro atoms.